The highest BCUT2D eigenvalue weighted by molar-refractivity contribution is 5.45. The van der Waals surface area contributed by atoms with E-state index in [4.69, 9.17) is 11.5 Å². The Morgan fingerprint density at radius 3 is 2.73 bits per heavy atom. The maximum Gasteiger partial charge on any atom is 0.0418 e. The molecule has 0 spiro atoms. The molecule has 1 aliphatic rings. The van der Waals surface area contributed by atoms with Crippen molar-refractivity contribution in [1.82, 2.24) is 0 Å². The molecule has 0 amide bonds. The van der Waals surface area contributed by atoms with Crippen LogP contribution in [0.25, 0.3) is 0 Å². The summed E-state index contributed by atoms with van der Waals surface area (Å²) in [6, 6.07) is 7.90. The van der Waals surface area contributed by atoms with Gasteiger partial charge in [-0.1, -0.05) is 36.4 Å². The highest BCUT2D eigenvalue weighted by atomic mass is 14.7. The second-order valence-electron chi connectivity index (χ2n) is 4.26. The van der Waals surface area contributed by atoms with Gasteiger partial charge in [-0.15, -0.1) is 0 Å². The highest BCUT2D eigenvalue weighted by Crippen LogP contribution is 2.32. The van der Waals surface area contributed by atoms with Gasteiger partial charge in [0.2, 0.25) is 0 Å². The first-order valence-corrected chi connectivity index (χ1v) is 5.10. The standard InChI is InChI=1S/C13H16N2/c1-13(15)8-3-2-7-12(13)10-5-4-6-11(14)9-10/h2-9,12H,14-15H2,1H3. The molecular formula is C13H16N2. The van der Waals surface area contributed by atoms with E-state index in [9.17, 15) is 0 Å². The second kappa shape index (κ2) is 3.55. The molecule has 15 heavy (non-hydrogen) atoms. The number of allylic oxidation sites excluding steroid dienone is 2. The van der Waals surface area contributed by atoms with E-state index in [-0.39, 0.29) is 11.5 Å². The average Bonchev–Trinajstić information content (AvgIpc) is 2.17. The Bertz CT molecular complexity index is 416. The molecule has 0 saturated carbocycles. The van der Waals surface area contributed by atoms with Crippen LogP contribution in [0.5, 0.6) is 0 Å². The van der Waals surface area contributed by atoms with E-state index in [1.54, 1.807) is 0 Å². The van der Waals surface area contributed by atoms with Crippen molar-refractivity contribution < 1.29 is 0 Å². The smallest absolute Gasteiger partial charge is 0.0418 e. The lowest BCUT2D eigenvalue weighted by Crippen LogP contribution is -2.40. The van der Waals surface area contributed by atoms with E-state index < -0.39 is 0 Å². The zero-order valence-corrected chi connectivity index (χ0v) is 8.85. The van der Waals surface area contributed by atoms with Crippen molar-refractivity contribution in [2.45, 2.75) is 18.4 Å². The highest BCUT2D eigenvalue weighted by Gasteiger charge is 2.28. The third kappa shape index (κ3) is 1.95. The van der Waals surface area contributed by atoms with Gasteiger partial charge in [-0.2, -0.15) is 0 Å². The molecule has 0 bridgehead atoms. The molecule has 1 aromatic carbocycles. The van der Waals surface area contributed by atoms with Gasteiger partial charge >= 0.3 is 0 Å². The van der Waals surface area contributed by atoms with Gasteiger partial charge in [0.1, 0.15) is 0 Å². The molecule has 2 atom stereocenters. The van der Waals surface area contributed by atoms with Crippen molar-refractivity contribution in [2.24, 2.45) is 5.73 Å². The maximum atomic E-state index is 6.23. The van der Waals surface area contributed by atoms with Crippen LogP contribution >= 0.6 is 0 Å². The normalized spacial score (nSPS) is 29.3. The Balaban J connectivity index is 2.39. The zero-order chi connectivity index (χ0) is 10.9. The lowest BCUT2D eigenvalue weighted by Gasteiger charge is -2.31. The minimum absolute atomic E-state index is 0.200. The predicted molar refractivity (Wildman–Crippen MR) is 64.5 cm³/mol. The summed E-state index contributed by atoms with van der Waals surface area (Å²) in [7, 11) is 0. The van der Waals surface area contributed by atoms with Crippen molar-refractivity contribution in [2.75, 3.05) is 5.73 Å². The first kappa shape index (κ1) is 9.99. The zero-order valence-electron chi connectivity index (χ0n) is 8.85. The van der Waals surface area contributed by atoms with Crippen LogP contribution in [0, 0.1) is 0 Å². The number of hydrogen-bond donors (Lipinski definition) is 2. The molecule has 4 N–H and O–H groups in total. The van der Waals surface area contributed by atoms with Crippen LogP contribution in [0.15, 0.2) is 48.6 Å². The fourth-order valence-corrected chi connectivity index (χ4v) is 1.97. The van der Waals surface area contributed by atoms with Crippen LogP contribution in [0.3, 0.4) is 0 Å². The van der Waals surface area contributed by atoms with E-state index >= 15 is 0 Å². The third-order valence-corrected chi connectivity index (χ3v) is 2.81. The number of anilines is 1. The van der Waals surface area contributed by atoms with Crippen LogP contribution in [-0.2, 0) is 0 Å². The number of nitrogen functional groups attached to an aromatic ring is 1. The van der Waals surface area contributed by atoms with Crippen LogP contribution in [0.4, 0.5) is 5.69 Å². The molecule has 0 saturated heterocycles. The van der Waals surface area contributed by atoms with Gasteiger partial charge in [-0.05, 0) is 24.6 Å². The van der Waals surface area contributed by atoms with Gasteiger partial charge in [-0.25, -0.2) is 0 Å². The van der Waals surface area contributed by atoms with Gasteiger partial charge in [0.15, 0.2) is 0 Å². The van der Waals surface area contributed by atoms with Gasteiger partial charge in [0.25, 0.3) is 0 Å². The summed E-state index contributed by atoms with van der Waals surface area (Å²) in [6.07, 6.45) is 8.17. The van der Waals surface area contributed by atoms with Crippen molar-refractivity contribution in [1.29, 1.82) is 0 Å². The topological polar surface area (TPSA) is 52.0 Å². The Morgan fingerprint density at radius 1 is 1.27 bits per heavy atom. The van der Waals surface area contributed by atoms with Crippen molar-refractivity contribution in [3.8, 4) is 0 Å². The first-order valence-electron chi connectivity index (χ1n) is 5.10. The predicted octanol–water partition coefficient (Wildman–Crippen LogP) is 2.20. The molecule has 1 aromatic rings. The van der Waals surface area contributed by atoms with E-state index in [2.05, 4.69) is 12.1 Å². The van der Waals surface area contributed by atoms with E-state index in [0.29, 0.717) is 0 Å². The fourth-order valence-electron chi connectivity index (χ4n) is 1.97. The SMILES string of the molecule is CC1(N)C=CC=CC1c1cccc(N)c1. The third-order valence-electron chi connectivity index (χ3n) is 2.81. The molecular weight excluding hydrogens is 184 g/mol. The molecule has 2 rings (SSSR count). The van der Waals surface area contributed by atoms with Crippen LogP contribution in [0.1, 0.15) is 18.4 Å². The number of rotatable bonds is 1. The minimum atomic E-state index is -0.331. The molecule has 0 aliphatic heterocycles. The summed E-state index contributed by atoms with van der Waals surface area (Å²) < 4.78 is 0. The molecule has 0 aromatic heterocycles. The van der Waals surface area contributed by atoms with Crippen molar-refractivity contribution >= 4 is 5.69 Å². The van der Waals surface area contributed by atoms with E-state index in [1.807, 2.05) is 43.4 Å². The molecule has 78 valence electrons. The summed E-state index contributed by atoms with van der Waals surface area (Å²) in [4.78, 5) is 0. The van der Waals surface area contributed by atoms with Gasteiger partial charge in [0.05, 0.1) is 0 Å². The molecule has 1 aliphatic carbocycles. The summed E-state index contributed by atoms with van der Waals surface area (Å²) in [5.41, 5.74) is 13.6. The molecule has 0 fully saturated rings. The van der Waals surface area contributed by atoms with Crippen LogP contribution < -0.4 is 11.5 Å². The summed E-state index contributed by atoms with van der Waals surface area (Å²) in [5.74, 6) is 0.200. The maximum absolute atomic E-state index is 6.23. The summed E-state index contributed by atoms with van der Waals surface area (Å²) in [5, 5.41) is 0. The number of benzene rings is 1. The Morgan fingerprint density at radius 2 is 2.07 bits per heavy atom. The largest absolute Gasteiger partial charge is 0.399 e. The van der Waals surface area contributed by atoms with Gasteiger partial charge < -0.3 is 11.5 Å². The minimum Gasteiger partial charge on any atom is -0.399 e. The van der Waals surface area contributed by atoms with Gasteiger partial charge in [0, 0.05) is 17.1 Å². The van der Waals surface area contributed by atoms with Crippen LogP contribution in [0.2, 0.25) is 0 Å². The Labute approximate surface area is 90.3 Å². The van der Waals surface area contributed by atoms with Gasteiger partial charge in [-0.3, -0.25) is 0 Å². The Hall–Kier alpha value is -1.54. The lowest BCUT2D eigenvalue weighted by molar-refractivity contribution is 0.519. The van der Waals surface area contributed by atoms with Crippen molar-refractivity contribution in [3.05, 3.63) is 54.1 Å². The monoisotopic (exact) mass is 200 g/mol. The average molecular weight is 200 g/mol. The summed E-state index contributed by atoms with van der Waals surface area (Å²) in [6.45, 7) is 2.03. The molecule has 2 heteroatoms. The Kier molecular flexibility index (Phi) is 2.37. The molecule has 2 unspecified atom stereocenters. The summed E-state index contributed by atoms with van der Waals surface area (Å²) >= 11 is 0. The van der Waals surface area contributed by atoms with E-state index in [1.165, 1.54) is 5.56 Å². The molecule has 0 radical (unpaired) electrons. The lowest BCUT2D eigenvalue weighted by atomic mass is 9.78. The van der Waals surface area contributed by atoms with Crippen LogP contribution in [-0.4, -0.2) is 5.54 Å². The second-order valence-corrected chi connectivity index (χ2v) is 4.26. The number of nitrogens with two attached hydrogens (primary N) is 2. The van der Waals surface area contributed by atoms with Crippen molar-refractivity contribution in [3.63, 3.8) is 0 Å². The quantitative estimate of drug-likeness (QED) is 0.683. The molecule has 2 nitrogen and oxygen atoms in total. The number of hydrogen-bond acceptors (Lipinski definition) is 2. The van der Waals surface area contributed by atoms with E-state index in [0.717, 1.165) is 5.69 Å². The fraction of sp³-hybridized carbons (Fsp3) is 0.231. The first-order chi connectivity index (χ1) is 7.09. The molecule has 0 heterocycles.